The number of nitrogens with one attached hydrogen (secondary N) is 2. The Bertz CT molecular complexity index is 1090. The standard InChI is InChI=1S/C22H26N8O4S2/c1-27(2)21(35)25-19(15-5-9-17(10-6-15)29(31)32)23-13-14-24-20(26-22(36)28(3)4)16-7-11-18(12-8-16)30(33)34/h5-12H,13-14H2,1-4H3,(H,23,25,35)(H,24,26,36). The van der Waals surface area contributed by atoms with Crippen LogP contribution in [0.3, 0.4) is 0 Å². The highest BCUT2D eigenvalue weighted by Crippen LogP contribution is 2.13. The van der Waals surface area contributed by atoms with Crippen molar-refractivity contribution in [3.63, 3.8) is 0 Å². The zero-order chi connectivity index (χ0) is 26.8. The Kier molecular flexibility index (Phi) is 10.3. The summed E-state index contributed by atoms with van der Waals surface area (Å²) in [6.07, 6.45) is 0. The predicted molar refractivity (Wildman–Crippen MR) is 148 cm³/mol. The van der Waals surface area contributed by atoms with Crippen molar-refractivity contribution in [1.29, 1.82) is 0 Å². The molecule has 2 N–H and O–H groups in total. The van der Waals surface area contributed by atoms with E-state index in [1.54, 1.807) is 62.3 Å². The lowest BCUT2D eigenvalue weighted by Crippen LogP contribution is -2.39. The molecular weight excluding hydrogens is 504 g/mol. The predicted octanol–water partition coefficient (Wildman–Crippen LogP) is 2.57. The number of aliphatic imine (C=N–C) groups is 2. The van der Waals surface area contributed by atoms with E-state index in [1.807, 2.05) is 0 Å². The van der Waals surface area contributed by atoms with E-state index in [-0.39, 0.29) is 24.5 Å². The van der Waals surface area contributed by atoms with E-state index in [0.29, 0.717) is 33.0 Å². The number of nitro groups is 2. The van der Waals surface area contributed by atoms with Crippen LogP contribution in [-0.2, 0) is 0 Å². The molecule has 14 heteroatoms. The molecule has 0 bridgehead atoms. The number of nitro benzene ring substituents is 2. The van der Waals surface area contributed by atoms with Crippen LogP contribution in [0, 0.1) is 20.2 Å². The van der Waals surface area contributed by atoms with E-state index in [9.17, 15) is 20.2 Å². The quantitative estimate of drug-likeness (QED) is 0.137. The van der Waals surface area contributed by atoms with Gasteiger partial charge in [0.25, 0.3) is 11.4 Å². The number of thiocarbonyl (C=S) groups is 2. The van der Waals surface area contributed by atoms with Gasteiger partial charge in [0.15, 0.2) is 10.2 Å². The second-order valence-corrected chi connectivity index (χ2v) is 8.49. The average Bonchev–Trinajstić information content (AvgIpc) is 2.84. The number of non-ortho nitro benzene ring substituents is 2. The van der Waals surface area contributed by atoms with Gasteiger partial charge in [-0.3, -0.25) is 30.2 Å². The van der Waals surface area contributed by atoms with E-state index >= 15 is 0 Å². The summed E-state index contributed by atoms with van der Waals surface area (Å²) in [6, 6.07) is 11.9. The van der Waals surface area contributed by atoms with Gasteiger partial charge in [0.05, 0.1) is 22.9 Å². The van der Waals surface area contributed by atoms with Crippen LogP contribution in [-0.4, -0.2) is 82.8 Å². The second-order valence-electron chi connectivity index (χ2n) is 7.72. The number of nitrogens with zero attached hydrogens (tertiary/aromatic N) is 6. The van der Waals surface area contributed by atoms with Crippen LogP contribution in [0.4, 0.5) is 11.4 Å². The Balaban J connectivity index is 2.29. The van der Waals surface area contributed by atoms with Crippen molar-refractivity contribution in [2.24, 2.45) is 9.98 Å². The molecule has 0 amide bonds. The van der Waals surface area contributed by atoms with Crippen molar-refractivity contribution in [1.82, 2.24) is 20.4 Å². The molecule has 0 spiro atoms. The van der Waals surface area contributed by atoms with Gasteiger partial charge in [-0.2, -0.15) is 0 Å². The van der Waals surface area contributed by atoms with Crippen molar-refractivity contribution < 1.29 is 9.85 Å². The monoisotopic (exact) mass is 530 g/mol. The molecule has 36 heavy (non-hydrogen) atoms. The summed E-state index contributed by atoms with van der Waals surface area (Å²) in [5.41, 5.74) is 1.18. The molecule has 0 radical (unpaired) electrons. The molecule has 2 rings (SSSR count). The van der Waals surface area contributed by atoms with Gasteiger partial charge in [-0.15, -0.1) is 0 Å². The summed E-state index contributed by atoms with van der Waals surface area (Å²) in [7, 11) is 7.12. The molecule has 0 aromatic heterocycles. The third kappa shape index (κ3) is 8.32. The third-order valence-corrected chi connectivity index (χ3v) is 5.54. The van der Waals surface area contributed by atoms with Crippen LogP contribution in [0.1, 0.15) is 11.1 Å². The molecule has 2 aromatic carbocycles. The first-order chi connectivity index (χ1) is 17.0. The molecule has 0 aliphatic heterocycles. The summed E-state index contributed by atoms with van der Waals surface area (Å²) >= 11 is 10.7. The first-order valence-corrected chi connectivity index (χ1v) is 11.4. The van der Waals surface area contributed by atoms with Crippen LogP contribution in [0.15, 0.2) is 58.5 Å². The van der Waals surface area contributed by atoms with Crippen LogP contribution >= 0.6 is 24.4 Å². The zero-order valence-electron chi connectivity index (χ0n) is 20.2. The van der Waals surface area contributed by atoms with E-state index in [0.717, 1.165) is 0 Å². The summed E-state index contributed by atoms with van der Waals surface area (Å²) in [6.45, 7) is 0.504. The van der Waals surface area contributed by atoms with Crippen LogP contribution in [0.25, 0.3) is 0 Å². The molecular formula is C22H26N8O4S2. The van der Waals surface area contributed by atoms with Gasteiger partial charge >= 0.3 is 0 Å². The minimum atomic E-state index is -0.474. The van der Waals surface area contributed by atoms with E-state index in [2.05, 4.69) is 20.6 Å². The Morgan fingerprint density at radius 3 is 1.28 bits per heavy atom. The van der Waals surface area contributed by atoms with Crippen molar-refractivity contribution in [3.05, 3.63) is 79.9 Å². The van der Waals surface area contributed by atoms with Crippen molar-refractivity contribution >= 4 is 57.7 Å². The first-order valence-electron chi connectivity index (χ1n) is 10.5. The lowest BCUT2D eigenvalue weighted by Gasteiger charge is -2.18. The minimum Gasteiger partial charge on any atom is -0.355 e. The molecule has 0 heterocycles. The Labute approximate surface area is 219 Å². The fourth-order valence-electron chi connectivity index (χ4n) is 2.64. The lowest BCUT2D eigenvalue weighted by atomic mass is 10.2. The Morgan fingerprint density at radius 1 is 0.722 bits per heavy atom. The van der Waals surface area contributed by atoms with Crippen molar-refractivity contribution in [2.75, 3.05) is 41.3 Å². The highest BCUT2D eigenvalue weighted by Gasteiger charge is 2.12. The molecule has 0 fully saturated rings. The summed E-state index contributed by atoms with van der Waals surface area (Å²) < 4.78 is 0. The van der Waals surface area contributed by atoms with E-state index < -0.39 is 9.85 Å². The molecule has 0 aliphatic carbocycles. The van der Waals surface area contributed by atoms with Gasteiger partial charge in [-0.05, 0) is 48.7 Å². The molecule has 190 valence electrons. The van der Waals surface area contributed by atoms with Crippen LogP contribution < -0.4 is 10.6 Å². The molecule has 0 unspecified atom stereocenters. The molecule has 2 aromatic rings. The van der Waals surface area contributed by atoms with E-state index in [4.69, 9.17) is 24.4 Å². The maximum Gasteiger partial charge on any atom is 0.269 e. The molecule has 0 saturated carbocycles. The highest BCUT2D eigenvalue weighted by atomic mass is 32.1. The average molecular weight is 531 g/mol. The number of benzene rings is 2. The Hall–Kier alpha value is -4.04. The molecule has 0 atom stereocenters. The first kappa shape index (κ1) is 28.2. The second kappa shape index (κ2) is 13.2. The minimum absolute atomic E-state index is 0.0337. The smallest absolute Gasteiger partial charge is 0.269 e. The summed E-state index contributed by atoms with van der Waals surface area (Å²) in [5, 5.41) is 28.9. The third-order valence-electron chi connectivity index (χ3n) is 4.61. The number of hydrogen-bond donors (Lipinski definition) is 2. The Morgan fingerprint density at radius 2 is 1.03 bits per heavy atom. The summed E-state index contributed by atoms with van der Waals surface area (Å²) in [5.74, 6) is 0.875. The highest BCUT2D eigenvalue weighted by molar-refractivity contribution is 7.80. The normalized spacial score (nSPS) is 11.4. The maximum absolute atomic E-state index is 11.0. The van der Waals surface area contributed by atoms with Gasteiger partial charge in [0.1, 0.15) is 11.7 Å². The van der Waals surface area contributed by atoms with Gasteiger partial charge in [-0.25, -0.2) is 0 Å². The zero-order valence-corrected chi connectivity index (χ0v) is 21.8. The number of hydrogen-bond acceptors (Lipinski definition) is 8. The van der Waals surface area contributed by atoms with E-state index in [1.165, 1.54) is 24.3 Å². The van der Waals surface area contributed by atoms with Crippen molar-refractivity contribution in [2.45, 2.75) is 0 Å². The fraction of sp³-hybridized carbons (Fsp3) is 0.273. The molecule has 12 nitrogen and oxygen atoms in total. The number of amidine groups is 2. The molecule has 0 aliphatic rings. The lowest BCUT2D eigenvalue weighted by molar-refractivity contribution is -0.385. The van der Waals surface area contributed by atoms with Crippen LogP contribution in [0.2, 0.25) is 0 Å². The van der Waals surface area contributed by atoms with Crippen molar-refractivity contribution in [3.8, 4) is 0 Å². The largest absolute Gasteiger partial charge is 0.355 e. The number of rotatable bonds is 7. The molecule has 0 saturated heterocycles. The fourth-order valence-corrected chi connectivity index (χ4v) is 2.83. The van der Waals surface area contributed by atoms with Gasteiger partial charge in [0, 0.05) is 63.6 Å². The topological polar surface area (TPSA) is 142 Å². The van der Waals surface area contributed by atoms with Gasteiger partial charge in [-0.1, -0.05) is 0 Å². The van der Waals surface area contributed by atoms with Gasteiger partial charge in [0.2, 0.25) is 0 Å². The SMILES string of the molecule is CN(C)C(=S)NC(=NCCN=C(NC(=S)N(C)C)c1ccc([N+](=O)[O-])cc1)c1ccc([N+](=O)[O-])cc1. The van der Waals surface area contributed by atoms with Gasteiger partial charge < -0.3 is 20.4 Å². The maximum atomic E-state index is 11.0. The van der Waals surface area contributed by atoms with Crippen LogP contribution in [0.5, 0.6) is 0 Å². The summed E-state index contributed by atoms with van der Waals surface area (Å²) in [4.78, 5) is 33.5.